The van der Waals surface area contributed by atoms with Crippen LogP contribution >= 0.6 is 23.3 Å². The van der Waals surface area contributed by atoms with E-state index in [1.54, 1.807) is 0 Å². The van der Waals surface area contributed by atoms with Crippen molar-refractivity contribution in [1.82, 2.24) is 4.37 Å². The monoisotopic (exact) mass is 231 g/mol. The van der Waals surface area contributed by atoms with Gasteiger partial charge in [0.05, 0.1) is 9.90 Å². The molecule has 1 aromatic heterocycles. The Labute approximate surface area is 91.7 Å². The van der Waals surface area contributed by atoms with E-state index in [4.69, 9.17) is 5.11 Å². The lowest BCUT2D eigenvalue weighted by Crippen LogP contribution is -2.16. The second kappa shape index (κ2) is 3.90. The van der Waals surface area contributed by atoms with Gasteiger partial charge in [-0.15, -0.1) is 11.8 Å². The largest absolute Gasteiger partial charge is 0.478 e. The zero-order valence-corrected chi connectivity index (χ0v) is 10.3. The molecular formula is C9H13NO2S2. The maximum absolute atomic E-state index is 11.1. The molecule has 0 aliphatic rings. The summed E-state index contributed by atoms with van der Waals surface area (Å²) in [6, 6.07) is 0. The van der Waals surface area contributed by atoms with Gasteiger partial charge in [-0.05, 0) is 17.8 Å². The predicted octanol–water partition coefficient (Wildman–Crippen LogP) is 2.86. The number of hydrogen-bond acceptors (Lipinski definition) is 4. The van der Waals surface area contributed by atoms with Crippen LogP contribution in [0.25, 0.3) is 0 Å². The van der Waals surface area contributed by atoms with Crippen molar-refractivity contribution in [3.63, 3.8) is 0 Å². The summed E-state index contributed by atoms with van der Waals surface area (Å²) in [7, 11) is 0. The zero-order valence-electron chi connectivity index (χ0n) is 8.62. The van der Waals surface area contributed by atoms with Crippen molar-refractivity contribution in [2.75, 3.05) is 6.26 Å². The normalized spacial score (nSPS) is 11.7. The SMILES string of the molecule is CSc1snc(C(C)(C)C)c1C(=O)O. The first kappa shape index (κ1) is 11.5. The number of hydrogen-bond donors (Lipinski definition) is 1. The average molecular weight is 231 g/mol. The Kier molecular flexibility index (Phi) is 3.21. The zero-order chi connectivity index (χ0) is 10.9. The molecule has 1 rings (SSSR count). The van der Waals surface area contributed by atoms with Gasteiger partial charge < -0.3 is 5.11 Å². The fourth-order valence-corrected chi connectivity index (χ4v) is 2.73. The topological polar surface area (TPSA) is 50.2 Å². The average Bonchev–Trinajstić information content (AvgIpc) is 2.45. The Balaban J connectivity index is 3.32. The minimum Gasteiger partial charge on any atom is -0.478 e. The Bertz CT molecular complexity index is 352. The fraction of sp³-hybridized carbons (Fsp3) is 0.556. The van der Waals surface area contributed by atoms with Crippen molar-refractivity contribution < 1.29 is 9.90 Å². The highest BCUT2D eigenvalue weighted by molar-refractivity contribution is 8.00. The van der Waals surface area contributed by atoms with Gasteiger partial charge in [0.1, 0.15) is 5.56 Å². The molecule has 78 valence electrons. The van der Waals surface area contributed by atoms with E-state index in [2.05, 4.69) is 4.37 Å². The van der Waals surface area contributed by atoms with E-state index >= 15 is 0 Å². The van der Waals surface area contributed by atoms with Gasteiger partial charge in [0.2, 0.25) is 0 Å². The van der Waals surface area contributed by atoms with E-state index in [0.717, 1.165) is 4.21 Å². The van der Waals surface area contributed by atoms with Crippen molar-refractivity contribution in [3.05, 3.63) is 11.3 Å². The number of aromatic nitrogens is 1. The predicted molar refractivity (Wildman–Crippen MR) is 59.6 cm³/mol. The van der Waals surface area contributed by atoms with E-state index in [-0.39, 0.29) is 5.41 Å². The van der Waals surface area contributed by atoms with Gasteiger partial charge in [0.15, 0.2) is 0 Å². The Morgan fingerprint density at radius 2 is 2.07 bits per heavy atom. The number of carboxylic acid groups (broad SMARTS) is 1. The first-order valence-corrected chi connectivity index (χ1v) is 6.15. The molecular weight excluding hydrogens is 218 g/mol. The molecule has 0 saturated carbocycles. The van der Waals surface area contributed by atoms with Crippen molar-refractivity contribution >= 4 is 29.3 Å². The van der Waals surface area contributed by atoms with Crippen LogP contribution in [-0.2, 0) is 5.41 Å². The summed E-state index contributed by atoms with van der Waals surface area (Å²) < 4.78 is 5.00. The Morgan fingerprint density at radius 3 is 2.43 bits per heavy atom. The maximum atomic E-state index is 11.1. The minimum atomic E-state index is -0.881. The number of nitrogens with zero attached hydrogens (tertiary/aromatic N) is 1. The summed E-state index contributed by atoms with van der Waals surface area (Å²) in [5.74, 6) is -0.881. The van der Waals surface area contributed by atoms with E-state index < -0.39 is 5.97 Å². The van der Waals surface area contributed by atoms with Gasteiger partial charge in [0.25, 0.3) is 0 Å². The van der Waals surface area contributed by atoms with Gasteiger partial charge in [-0.1, -0.05) is 20.8 Å². The molecule has 0 bridgehead atoms. The molecule has 0 spiro atoms. The molecule has 0 aliphatic heterocycles. The molecule has 0 fully saturated rings. The quantitative estimate of drug-likeness (QED) is 0.795. The fourth-order valence-electron chi connectivity index (χ4n) is 1.11. The standard InChI is InChI=1S/C9H13NO2S2/c1-9(2,3)6-5(7(11)12)8(13-4)14-10-6/h1-4H3,(H,11,12). The van der Waals surface area contributed by atoms with E-state index in [0.29, 0.717) is 11.3 Å². The lowest BCUT2D eigenvalue weighted by Gasteiger charge is -2.16. The summed E-state index contributed by atoms with van der Waals surface area (Å²) in [6.07, 6.45) is 1.87. The minimum absolute atomic E-state index is 0.210. The Hall–Kier alpha value is -0.550. The third-order valence-electron chi connectivity index (χ3n) is 1.77. The van der Waals surface area contributed by atoms with E-state index in [1.165, 1.54) is 23.3 Å². The van der Waals surface area contributed by atoms with Crippen LogP contribution in [-0.4, -0.2) is 21.7 Å². The summed E-state index contributed by atoms with van der Waals surface area (Å²) in [5.41, 5.74) is 0.840. The summed E-state index contributed by atoms with van der Waals surface area (Å²) >= 11 is 2.70. The van der Waals surface area contributed by atoms with Crippen molar-refractivity contribution in [2.45, 2.75) is 30.4 Å². The lowest BCUT2D eigenvalue weighted by molar-refractivity contribution is 0.0691. The molecule has 0 unspecified atom stereocenters. The van der Waals surface area contributed by atoms with Crippen LogP contribution in [0.3, 0.4) is 0 Å². The van der Waals surface area contributed by atoms with Gasteiger partial charge in [-0.2, -0.15) is 4.37 Å². The van der Waals surface area contributed by atoms with Crippen molar-refractivity contribution in [1.29, 1.82) is 0 Å². The first-order valence-electron chi connectivity index (χ1n) is 4.15. The molecule has 0 amide bonds. The van der Waals surface area contributed by atoms with Crippen LogP contribution in [0.4, 0.5) is 0 Å². The second-order valence-electron chi connectivity index (χ2n) is 3.95. The molecule has 0 aromatic carbocycles. The highest BCUT2D eigenvalue weighted by atomic mass is 32.2. The van der Waals surface area contributed by atoms with Gasteiger partial charge in [0, 0.05) is 5.41 Å². The number of carboxylic acids is 1. The van der Waals surface area contributed by atoms with Crippen LogP contribution in [0.15, 0.2) is 4.21 Å². The first-order chi connectivity index (χ1) is 6.38. The molecule has 0 aliphatic carbocycles. The Morgan fingerprint density at radius 1 is 1.50 bits per heavy atom. The van der Waals surface area contributed by atoms with Crippen LogP contribution in [0.2, 0.25) is 0 Å². The molecule has 0 radical (unpaired) electrons. The van der Waals surface area contributed by atoms with E-state index in [1.807, 2.05) is 27.0 Å². The molecule has 0 atom stereocenters. The van der Waals surface area contributed by atoms with Crippen LogP contribution in [0.5, 0.6) is 0 Å². The van der Waals surface area contributed by atoms with Crippen LogP contribution in [0, 0.1) is 0 Å². The van der Waals surface area contributed by atoms with Gasteiger partial charge in [-0.3, -0.25) is 0 Å². The molecule has 5 heteroatoms. The molecule has 1 heterocycles. The molecule has 1 aromatic rings. The van der Waals surface area contributed by atoms with Gasteiger partial charge >= 0.3 is 5.97 Å². The van der Waals surface area contributed by atoms with E-state index in [9.17, 15) is 4.79 Å². The summed E-state index contributed by atoms with van der Waals surface area (Å²) in [5, 5.41) is 9.08. The van der Waals surface area contributed by atoms with Gasteiger partial charge in [-0.25, -0.2) is 4.79 Å². The molecule has 14 heavy (non-hydrogen) atoms. The summed E-state index contributed by atoms with van der Waals surface area (Å²) in [4.78, 5) is 11.1. The third kappa shape index (κ3) is 2.09. The number of carbonyl (C=O) groups is 1. The molecule has 3 nitrogen and oxygen atoms in total. The molecule has 1 N–H and O–H groups in total. The number of aromatic carboxylic acids is 1. The highest BCUT2D eigenvalue weighted by Crippen LogP contribution is 2.34. The third-order valence-corrected chi connectivity index (χ3v) is 3.71. The smallest absolute Gasteiger partial charge is 0.339 e. The number of rotatable bonds is 2. The van der Waals surface area contributed by atoms with Crippen molar-refractivity contribution in [3.8, 4) is 0 Å². The maximum Gasteiger partial charge on any atom is 0.339 e. The van der Waals surface area contributed by atoms with Crippen LogP contribution < -0.4 is 0 Å². The molecule has 0 saturated heterocycles. The highest BCUT2D eigenvalue weighted by Gasteiger charge is 2.27. The number of thioether (sulfide) groups is 1. The van der Waals surface area contributed by atoms with Crippen molar-refractivity contribution in [2.24, 2.45) is 0 Å². The van der Waals surface area contributed by atoms with Crippen LogP contribution in [0.1, 0.15) is 36.8 Å². The summed E-state index contributed by atoms with van der Waals surface area (Å²) in [6.45, 7) is 5.91. The lowest BCUT2D eigenvalue weighted by atomic mass is 9.89. The second-order valence-corrected chi connectivity index (χ2v) is 5.80.